The molecule has 1 unspecified atom stereocenters. The molecule has 0 spiro atoms. The van der Waals surface area contributed by atoms with Crippen LogP contribution in [0.2, 0.25) is 0 Å². The van der Waals surface area contributed by atoms with Gasteiger partial charge in [-0.05, 0) is 60.7 Å². The number of ketones is 1. The lowest BCUT2D eigenvalue weighted by Gasteiger charge is -2.33. The van der Waals surface area contributed by atoms with Gasteiger partial charge in [-0.3, -0.25) is 14.4 Å². The molecule has 0 saturated carbocycles. The Balaban J connectivity index is 1.66. The average Bonchev–Trinajstić information content (AvgIpc) is 3.30. The molecular formula is C22H26N2O6S2. The molecule has 1 amide bonds. The van der Waals surface area contributed by atoms with Gasteiger partial charge >= 0.3 is 5.97 Å². The minimum absolute atomic E-state index is 0.00812. The van der Waals surface area contributed by atoms with Crippen LogP contribution in [0.15, 0.2) is 46.0 Å². The zero-order chi connectivity index (χ0) is 23.3. The van der Waals surface area contributed by atoms with Crippen LogP contribution in [0.3, 0.4) is 0 Å². The van der Waals surface area contributed by atoms with Crippen LogP contribution in [0.25, 0.3) is 0 Å². The molecule has 1 aliphatic rings. The fourth-order valence-electron chi connectivity index (χ4n) is 3.51. The molecule has 1 atom stereocenters. The highest BCUT2D eigenvalue weighted by molar-refractivity contribution is 7.89. The van der Waals surface area contributed by atoms with Gasteiger partial charge in [-0.2, -0.15) is 15.6 Å². The summed E-state index contributed by atoms with van der Waals surface area (Å²) in [5.41, 5.74) is 1.39. The van der Waals surface area contributed by atoms with Crippen molar-refractivity contribution in [3.05, 3.63) is 52.2 Å². The van der Waals surface area contributed by atoms with Crippen molar-refractivity contribution in [3.8, 4) is 0 Å². The number of benzene rings is 1. The van der Waals surface area contributed by atoms with Crippen LogP contribution in [-0.2, 0) is 30.9 Å². The van der Waals surface area contributed by atoms with Gasteiger partial charge in [0.1, 0.15) is 6.04 Å². The molecule has 2 aromatic rings. The maximum atomic E-state index is 13.2. The van der Waals surface area contributed by atoms with Gasteiger partial charge in [0.15, 0.2) is 12.4 Å². The molecule has 1 fully saturated rings. The number of sulfonamides is 1. The normalized spacial score (nSPS) is 17.0. The molecule has 0 N–H and O–H groups in total. The second-order valence-corrected chi connectivity index (χ2v) is 10.4. The van der Waals surface area contributed by atoms with E-state index in [1.165, 1.54) is 47.4 Å². The highest BCUT2D eigenvalue weighted by Gasteiger charge is 2.38. The van der Waals surface area contributed by atoms with Crippen molar-refractivity contribution in [1.82, 2.24) is 9.21 Å². The number of hydrogen-bond donors (Lipinski definition) is 0. The fourth-order valence-corrected chi connectivity index (χ4v) is 5.82. The topological polar surface area (TPSA) is 101 Å². The second kappa shape index (κ2) is 10.4. The highest BCUT2D eigenvalue weighted by atomic mass is 32.2. The van der Waals surface area contributed by atoms with Crippen LogP contribution in [-0.4, -0.2) is 61.5 Å². The predicted molar refractivity (Wildman–Crippen MR) is 120 cm³/mol. The molecule has 1 aromatic carbocycles. The Labute approximate surface area is 191 Å². The first-order chi connectivity index (χ1) is 15.2. The van der Waals surface area contributed by atoms with Crippen molar-refractivity contribution in [2.75, 3.05) is 20.2 Å². The molecule has 2 heterocycles. The minimum Gasteiger partial charge on any atom is -0.454 e. The van der Waals surface area contributed by atoms with Gasteiger partial charge in [0.05, 0.1) is 4.90 Å². The molecule has 10 heteroatoms. The maximum Gasteiger partial charge on any atom is 0.324 e. The number of esters is 1. The molecule has 1 aromatic heterocycles. The van der Waals surface area contributed by atoms with Gasteiger partial charge in [-0.25, -0.2) is 8.42 Å². The molecule has 32 heavy (non-hydrogen) atoms. The number of ether oxygens (including phenoxy) is 1. The minimum atomic E-state index is -3.96. The van der Waals surface area contributed by atoms with E-state index in [0.29, 0.717) is 31.4 Å². The summed E-state index contributed by atoms with van der Waals surface area (Å²) in [5.74, 6) is -1.26. The lowest BCUT2D eigenvalue weighted by Crippen LogP contribution is -2.49. The standard InChI is InChI=1S/C22H26N2O6S2/c1-16(25)18-6-8-19(9-7-18)32(28,29)24-11-4-3-5-20(24)22(27)30-14-21(26)23(2)13-17-10-12-31-15-17/h6-10,12,15,20H,3-5,11,13-14H2,1-2H3. The maximum absolute atomic E-state index is 13.2. The number of amides is 1. The molecule has 1 aliphatic heterocycles. The van der Waals surface area contributed by atoms with E-state index >= 15 is 0 Å². The van der Waals surface area contributed by atoms with Crippen LogP contribution in [0.1, 0.15) is 42.1 Å². The summed E-state index contributed by atoms with van der Waals surface area (Å²) in [7, 11) is -2.34. The zero-order valence-corrected chi connectivity index (χ0v) is 19.7. The van der Waals surface area contributed by atoms with Crippen molar-refractivity contribution >= 4 is 39.0 Å². The SMILES string of the molecule is CC(=O)c1ccc(S(=O)(=O)N2CCCCC2C(=O)OCC(=O)N(C)Cc2ccsc2)cc1. The molecule has 1 saturated heterocycles. The Morgan fingerprint density at radius 2 is 1.88 bits per heavy atom. The number of piperidine rings is 1. The highest BCUT2D eigenvalue weighted by Crippen LogP contribution is 2.26. The van der Waals surface area contributed by atoms with Crippen LogP contribution in [0.4, 0.5) is 0 Å². The number of likely N-dealkylation sites (N-methyl/N-ethyl adjacent to an activating group) is 1. The van der Waals surface area contributed by atoms with E-state index in [-0.39, 0.29) is 23.1 Å². The Morgan fingerprint density at radius 1 is 1.16 bits per heavy atom. The molecule has 0 aliphatic carbocycles. The van der Waals surface area contributed by atoms with E-state index in [1.807, 2.05) is 16.8 Å². The largest absolute Gasteiger partial charge is 0.454 e. The lowest BCUT2D eigenvalue weighted by molar-refractivity contribution is -0.155. The molecule has 0 radical (unpaired) electrons. The van der Waals surface area contributed by atoms with E-state index in [2.05, 4.69) is 0 Å². The van der Waals surface area contributed by atoms with Crippen molar-refractivity contribution in [2.24, 2.45) is 0 Å². The van der Waals surface area contributed by atoms with Crippen molar-refractivity contribution in [1.29, 1.82) is 0 Å². The fraction of sp³-hybridized carbons (Fsp3) is 0.409. The third-order valence-corrected chi connectivity index (χ3v) is 8.01. The van der Waals surface area contributed by atoms with Gasteiger partial charge in [0, 0.05) is 25.7 Å². The van der Waals surface area contributed by atoms with Crippen LogP contribution in [0, 0.1) is 0 Å². The average molecular weight is 479 g/mol. The number of Topliss-reactive ketones (excluding diaryl/α,β-unsaturated/α-hetero) is 1. The first kappa shape index (κ1) is 24.1. The number of carbonyl (C=O) groups is 3. The first-order valence-corrected chi connectivity index (χ1v) is 12.6. The van der Waals surface area contributed by atoms with E-state index < -0.39 is 28.6 Å². The second-order valence-electron chi connectivity index (χ2n) is 7.70. The number of nitrogens with zero attached hydrogens (tertiary/aromatic N) is 2. The Morgan fingerprint density at radius 3 is 2.50 bits per heavy atom. The Kier molecular flexibility index (Phi) is 7.81. The molecular weight excluding hydrogens is 452 g/mol. The summed E-state index contributed by atoms with van der Waals surface area (Å²) in [6.07, 6.45) is 1.63. The summed E-state index contributed by atoms with van der Waals surface area (Å²) >= 11 is 1.53. The number of rotatable bonds is 8. The third kappa shape index (κ3) is 5.62. The summed E-state index contributed by atoms with van der Waals surface area (Å²) in [6.45, 7) is 1.54. The number of thiophene rings is 1. The van der Waals surface area contributed by atoms with Crippen LogP contribution >= 0.6 is 11.3 Å². The predicted octanol–water partition coefficient (Wildman–Crippen LogP) is 2.70. The van der Waals surface area contributed by atoms with Gasteiger partial charge in [-0.1, -0.05) is 12.1 Å². The summed E-state index contributed by atoms with van der Waals surface area (Å²) in [5, 5.41) is 3.85. The Bertz CT molecular complexity index is 1060. The molecule has 172 valence electrons. The van der Waals surface area contributed by atoms with Gasteiger partial charge in [0.25, 0.3) is 5.91 Å². The molecule has 3 rings (SSSR count). The van der Waals surface area contributed by atoms with E-state index in [1.54, 1.807) is 7.05 Å². The monoisotopic (exact) mass is 478 g/mol. The van der Waals surface area contributed by atoms with Gasteiger partial charge in [-0.15, -0.1) is 0 Å². The lowest BCUT2D eigenvalue weighted by atomic mass is 10.1. The smallest absolute Gasteiger partial charge is 0.324 e. The molecule has 8 nitrogen and oxygen atoms in total. The van der Waals surface area contributed by atoms with Crippen molar-refractivity contribution in [3.63, 3.8) is 0 Å². The van der Waals surface area contributed by atoms with Crippen molar-refractivity contribution < 1.29 is 27.5 Å². The van der Waals surface area contributed by atoms with E-state index in [9.17, 15) is 22.8 Å². The van der Waals surface area contributed by atoms with Crippen molar-refractivity contribution in [2.45, 2.75) is 43.7 Å². The summed E-state index contributed by atoms with van der Waals surface area (Å²) in [6, 6.07) is 6.56. The van der Waals surface area contributed by atoms with Gasteiger partial charge < -0.3 is 9.64 Å². The first-order valence-electron chi connectivity index (χ1n) is 10.2. The zero-order valence-electron chi connectivity index (χ0n) is 18.0. The summed E-state index contributed by atoms with van der Waals surface area (Å²) < 4.78 is 32.7. The van der Waals surface area contributed by atoms with E-state index in [0.717, 1.165) is 9.87 Å². The van der Waals surface area contributed by atoms with Crippen LogP contribution in [0.5, 0.6) is 0 Å². The quantitative estimate of drug-likeness (QED) is 0.427. The third-order valence-electron chi connectivity index (χ3n) is 5.36. The Hall–Kier alpha value is -2.56. The summed E-state index contributed by atoms with van der Waals surface area (Å²) in [4.78, 5) is 38.0. The number of carbonyl (C=O) groups excluding carboxylic acids is 3. The van der Waals surface area contributed by atoms with Gasteiger partial charge in [0.2, 0.25) is 10.0 Å². The molecule has 0 bridgehead atoms. The van der Waals surface area contributed by atoms with Crippen LogP contribution < -0.4 is 0 Å². The number of hydrogen-bond acceptors (Lipinski definition) is 7. The van der Waals surface area contributed by atoms with E-state index in [4.69, 9.17) is 4.74 Å².